The lowest BCUT2D eigenvalue weighted by molar-refractivity contribution is -0.405. The van der Waals surface area contributed by atoms with Crippen LogP contribution >= 0.6 is 0 Å². The molecule has 0 unspecified atom stereocenters. The van der Waals surface area contributed by atoms with E-state index < -0.39 is 0 Å². The molecule has 2 nitrogen and oxygen atoms in total. The van der Waals surface area contributed by atoms with E-state index in [1.807, 2.05) is 0 Å². The van der Waals surface area contributed by atoms with Crippen molar-refractivity contribution in [2.75, 3.05) is 18.5 Å². The van der Waals surface area contributed by atoms with Crippen molar-refractivity contribution in [2.24, 2.45) is 0 Å². The van der Waals surface area contributed by atoms with Gasteiger partial charge in [0.2, 0.25) is 0 Å². The first kappa shape index (κ1) is 10.3. The number of anilines is 1. The average molecular weight is 225 g/mol. The Morgan fingerprint density at radius 3 is 2.53 bits per heavy atom. The molecule has 0 saturated heterocycles. The number of rotatable bonds is 1. The molecule has 1 aliphatic rings. The third kappa shape index (κ3) is 1.30. The lowest BCUT2D eigenvalue weighted by atomic mass is 10.0. The first-order chi connectivity index (χ1) is 8.24. The normalized spacial score (nSPS) is 14.6. The van der Waals surface area contributed by atoms with Gasteiger partial charge in [0, 0.05) is 6.92 Å². The fourth-order valence-corrected chi connectivity index (χ4v) is 2.74. The fraction of sp³-hybridized carbons (Fsp3) is 0.267. The van der Waals surface area contributed by atoms with Crippen LogP contribution in [0.2, 0.25) is 0 Å². The molecule has 0 bridgehead atoms. The molecule has 0 radical (unpaired) electrons. The Morgan fingerprint density at radius 2 is 1.82 bits per heavy atom. The number of amidine groups is 1. The van der Waals surface area contributed by atoms with Crippen LogP contribution in [-0.4, -0.2) is 24.0 Å². The molecule has 2 heteroatoms. The first-order valence-electron chi connectivity index (χ1n) is 6.10. The Kier molecular flexibility index (Phi) is 2.18. The van der Waals surface area contributed by atoms with E-state index in [2.05, 4.69) is 66.8 Å². The topological polar surface area (TPSA) is 6.25 Å². The van der Waals surface area contributed by atoms with Crippen LogP contribution in [0.4, 0.5) is 11.4 Å². The van der Waals surface area contributed by atoms with E-state index in [0.717, 1.165) is 6.54 Å². The third-order valence-corrected chi connectivity index (χ3v) is 3.71. The van der Waals surface area contributed by atoms with E-state index in [0.29, 0.717) is 0 Å². The molecular formula is C15H17N2+. The van der Waals surface area contributed by atoms with Crippen molar-refractivity contribution in [3.8, 4) is 0 Å². The van der Waals surface area contributed by atoms with Crippen molar-refractivity contribution in [2.45, 2.75) is 13.8 Å². The fourth-order valence-electron chi connectivity index (χ4n) is 2.74. The Hall–Kier alpha value is -1.83. The monoisotopic (exact) mass is 225 g/mol. The Balaban J connectivity index is 2.46. The van der Waals surface area contributed by atoms with Gasteiger partial charge in [-0.2, -0.15) is 0 Å². The smallest absolute Gasteiger partial charge is 0.233 e. The molecule has 17 heavy (non-hydrogen) atoms. The van der Waals surface area contributed by atoms with E-state index in [9.17, 15) is 0 Å². The Bertz CT molecular complexity index is 621. The molecule has 1 aliphatic heterocycles. The van der Waals surface area contributed by atoms with Crippen LogP contribution in [0.15, 0.2) is 36.4 Å². The summed E-state index contributed by atoms with van der Waals surface area (Å²) in [7, 11) is 2.14. The van der Waals surface area contributed by atoms with Gasteiger partial charge in [0.25, 0.3) is 5.84 Å². The van der Waals surface area contributed by atoms with Crippen molar-refractivity contribution in [1.82, 2.24) is 0 Å². The predicted molar refractivity (Wildman–Crippen MR) is 73.5 cm³/mol. The first-order valence-corrected chi connectivity index (χ1v) is 6.10. The van der Waals surface area contributed by atoms with Crippen LogP contribution in [0.3, 0.4) is 0 Å². The highest BCUT2D eigenvalue weighted by Gasteiger charge is 2.28. The molecule has 0 amide bonds. The summed E-state index contributed by atoms with van der Waals surface area (Å²) in [6.45, 7) is 5.38. The van der Waals surface area contributed by atoms with Crippen LogP contribution in [0.1, 0.15) is 13.8 Å². The lowest BCUT2D eigenvalue weighted by Gasteiger charge is -2.24. The van der Waals surface area contributed by atoms with Crippen molar-refractivity contribution >= 4 is 28.0 Å². The SMILES string of the molecule is CCN1C(C)=[N+](C)c2cccc3cccc1c23. The van der Waals surface area contributed by atoms with Crippen LogP contribution in [0.5, 0.6) is 0 Å². The largest absolute Gasteiger partial charge is 0.253 e. The highest BCUT2D eigenvalue weighted by Crippen LogP contribution is 2.37. The predicted octanol–water partition coefficient (Wildman–Crippen LogP) is 3.37. The van der Waals surface area contributed by atoms with Gasteiger partial charge in [-0.15, -0.1) is 0 Å². The van der Waals surface area contributed by atoms with E-state index in [-0.39, 0.29) is 0 Å². The minimum Gasteiger partial charge on any atom is -0.233 e. The van der Waals surface area contributed by atoms with E-state index in [1.54, 1.807) is 0 Å². The van der Waals surface area contributed by atoms with Crippen molar-refractivity contribution in [3.05, 3.63) is 36.4 Å². The summed E-state index contributed by atoms with van der Waals surface area (Å²) in [6, 6.07) is 13.1. The summed E-state index contributed by atoms with van der Waals surface area (Å²) >= 11 is 0. The zero-order chi connectivity index (χ0) is 12.0. The maximum Gasteiger partial charge on any atom is 0.253 e. The minimum atomic E-state index is 1.00. The summed E-state index contributed by atoms with van der Waals surface area (Å²) in [5.41, 5.74) is 2.64. The van der Waals surface area contributed by atoms with Crippen LogP contribution in [0, 0.1) is 0 Å². The summed E-state index contributed by atoms with van der Waals surface area (Å²) in [4.78, 5) is 2.37. The van der Waals surface area contributed by atoms with Crippen LogP contribution in [-0.2, 0) is 0 Å². The Morgan fingerprint density at radius 1 is 1.12 bits per heavy atom. The quantitative estimate of drug-likeness (QED) is 0.674. The van der Waals surface area contributed by atoms with Gasteiger partial charge in [-0.3, -0.25) is 0 Å². The molecular weight excluding hydrogens is 208 g/mol. The lowest BCUT2D eigenvalue weighted by Crippen LogP contribution is -2.36. The van der Waals surface area contributed by atoms with E-state index >= 15 is 0 Å². The van der Waals surface area contributed by atoms with Gasteiger partial charge in [0.05, 0.1) is 19.0 Å². The van der Waals surface area contributed by atoms with Gasteiger partial charge in [-0.05, 0) is 24.4 Å². The van der Waals surface area contributed by atoms with Crippen molar-refractivity contribution in [3.63, 3.8) is 0 Å². The molecule has 3 rings (SSSR count). The highest BCUT2D eigenvalue weighted by atomic mass is 15.2. The average Bonchev–Trinajstić information content (AvgIpc) is 2.37. The maximum absolute atomic E-state index is 2.37. The molecule has 0 aliphatic carbocycles. The number of hydrogen-bond acceptors (Lipinski definition) is 1. The molecule has 0 spiro atoms. The van der Waals surface area contributed by atoms with Gasteiger partial charge in [0.15, 0.2) is 0 Å². The number of benzene rings is 2. The summed E-state index contributed by atoms with van der Waals surface area (Å²) in [6.07, 6.45) is 0. The van der Waals surface area contributed by atoms with Gasteiger partial charge >= 0.3 is 0 Å². The second-order valence-electron chi connectivity index (χ2n) is 4.50. The summed E-state index contributed by atoms with van der Waals surface area (Å²) < 4.78 is 2.28. The molecule has 0 saturated carbocycles. The Labute approximate surface area is 102 Å². The highest BCUT2D eigenvalue weighted by molar-refractivity contribution is 6.10. The van der Waals surface area contributed by atoms with Crippen LogP contribution < -0.4 is 4.90 Å². The minimum absolute atomic E-state index is 1.00. The number of nitrogens with zero attached hydrogens (tertiary/aromatic N) is 2. The molecule has 0 fully saturated rings. The van der Waals surface area contributed by atoms with Crippen LogP contribution in [0.25, 0.3) is 10.8 Å². The molecule has 86 valence electrons. The van der Waals surface area contributed by atoms with Gasteiger partial charge in [-0.1, -0.05) is 24.3 Å². The summed E-state index contributed by atoms with van der Waals surface area (Å²) in [5.74, 6) is 1.29. The molecule has 0 aromatic heterocycles. The van der Waals surface area contributed by atoms with E-state index in [4.69, 9.17) is 0 Å². The zero-order valence-corrected chi connectivity index (χ0v) is 10.6. The maximum atomic E-state index is 2.37. The standard InChI is InChI=1S/C15H17N2/c1-4-17-11(2)16(3)13-9-5-7-12-8-6-10-14(17)15(12)13/h5-10H,4H2,1-3H3/q+1. The molecule has 2 aromatic rings. The van der Waals surface area contributed by atoms with Gasteiger partial charge < -0.3 is 0 Å². The zero-order valence-electron chi connectivity index (χ0n) is 10.6. The van der Waals surface area contributed by atoms with Gasteiger partial charge in [0.1, 0.15) is 11.4 Å². The molecule has 0 atom stereocenters. The molecule has 1 heterocycles. The second-order valence-corrected chi connectivity index (χ2v) is 4.50. The van der Waals surface area contributed by atoms with E-state index in [1.165, 1.54) is 28.0 Å². The van der Waals surface area contributed by atoms with Crippen molar-refractivity contribution < 1.29 is 4.58 Å². The molecule has 2 aromatic carbocycles. The number of hydrogen-bond donors (Lipinski definition) is 0. The third-order valence-electron chi connectivity index (χ3n) is 3.71. The molecule has 0 N–H and O–H groups in total. The van der Waals surface area contributed by atoms with Crippen molar-refractivity contribution in [1.29, 1.82) is 0 Å². The van der Waals surface area contributed by atoms with Gasteiger partial charge in [-0.25, -0.2) is 9.48 Å². The second kappa shape index (κ2) is 3.59. The summed E-state index contributed by atoms with van der Waals surface area (Å²) in [5, 5.41) is 2.68.